The van der Waals surface area contributed by atoms with Crippen LogP contribution in [0.3, 0.4) is 0 Å². The summed E-state index contributed by atoms with van der Waals surface area (Å²) in [4.78, 5) is 20.7. The number of hydrogen-bond acceptors (Lipinski definition) is 5. The van der Waals surface area contributed by atoms with Crippen LogP contribution in [0.25, 0.3) is 0 Å². The van der Waals surface area contributed by atoms with Crippen molar-refractivity contribution in [2.24, 2.45) is 0 Å². The first-order valence-corrected chi connectivity index (χ1v) is 7.76. The van der Waals surface area contributed by atoms with Gasteiger partial charge in [-0.25, -0.2) is 9.97 Å². The average Bonchev–Trinajstić information content (AvgIpc) is 2.64. The Morgan fingerprint density at radius 2 is 1.80 bits per heavy atom. The quantitative estimate of drug-likeness (QED) is 0.742. The van der Waals surface area contributed by atoms with Gasteiger partial charge in [-0.05, 0) is 30.7 Å². The van der Waals surface area contributed by atoms with Gasteiger partial charge in [-0.2, -0.15) is 0 Å². The maximum absolute atomic E-state index is 12.3. The van der Waals surface area contributed by atoms with Crippen molar-refractivity contribution in [1.82, 2.24) is 9.97 Å². The summed E-state index contributed by atoms with van der Waals surface area (Å²) in [6.45, 7) is 2.00. The first-order valence-electron chi connectivity index (χ1n) is 7.76. The van der Waals surface area contributed by atoms with E-state index >= 15 is 0 Å². The van der Waals surface area contributed by atoms with E-state index in [0.29, 0.717) is 22.9 Å². The van der Waals surface area contributed by atoms with E-state index < -0.39 is 0 Å². The van der Waals surface area contributed by atoms with Crippen LogP contribution in [0.2, 0.25) is 0 Å². The van der Waals surface area contributed by atoms with Crippen molar-refractivity contribution in [2.45, 2.75) is 6.92 Å². The highest BCUT2D eigenvalue weighted by Gasteiger charge is 2.09. The number of rotatable bonds is 5. The molecule has 0 aliphatic heterocycles. The van der Waals surface area contributed by atoms with Gasteiger partial charge in [0.15, 0.2) is 0 Å². The molecule has 6 nitrogen and oxygen atoms in total. The number of amides is 1. The lowest BCUT2D eigenvalue weighted by molar-refractivity contribution is 0.102. The minimum absolute atomic E-state index is 0.282. The summed E-state index contributed by atoms with van der Waals surface area (Å²) in [5, 5.41) is 5.92. The van der Waals surface area contributed by atoms with Crippen LogP contribution in [0, 0.1) is 6.92 Å². The Kier molecular flexibility index (Phi) is 4.89. The van der Waals surface area contributed by atoms with Gasteiger partial charge in [0.1, 0.15) is 5.75 Å². The normalized spacial score (nSPS) is 10.2. The summed E-state index contributed by atoms with van der Waals surface area (Å²) >= 11 is 0. The first kappa shape index (κ1) is 16.4. The van der Waals surface area contributed by atoms with Gasteiger partial charge in [0, 0.05) is 29.8 Å². The van der Waals surface area contributed by atoms with Crippen molar-refractivity contribution in [3.63, 3.8) is 0 Å². The predicted molar refractivity (Wildman–Crippen MR) is 97.4 cm³/mol. The van der Waals surface area contributed by atoms with Crippen LogP contribution in [-0.2, 0) is 0 Å². The lowest BCUT2D eigenvalue weighted by atomic mass is 10.2. The number of aromatic nitrogens is 2. The number of ether oxygens (including phenoxy) is 1. The third-order valence-corrected chi connectivity index (χ3v) is 3.63. The lowest BCUT2D eigenvalue weighted by Gasteiger charge is -2.09. The van der Waals surface area contributed by atoms with Crippen molar-refractivity contribution in [3.05, 3.63) is 72.1 Å². The number of nitrogens with one attached hydrogen (secondary N) is 2. The zero-order valence-corrected chi connectivity index (χ0v) is 14.0. The summed E-state index contributed by atoms with van der Waals surface area (Å²) in [7, 11) is 1.58. The molecule has 1 amide bonds. The molecule has 0 radical (unpaired) electrons. The molecule has 3 rings (SSSR count). The van der Waals surface area contributed by atoms with Crippen LogP contribution in [0.1, 0.15) is 15.9 Å². The van der Waals surface area contributed by atoms with Gasteiger partial charge in [0.25, 0.3) is 5.91 Å². The van der Waals surface area contributed by atoms with Crippen LogP contribution in [0.15, 0.2) is 60.9 Å². The third-order valence-electron chi connectivity index (χ3n) is 3.63. The maximum atomic E-state index is 12.3. The standard InChI is InChI=1S/C19H18N4O2/c1-13-6-3-4-9-17(13)23-19-20-11-14(12-21-19)18(24)22-15-7-5-8-16(10-15)25-2/h3-12H,1-2H3,(H,22,24)(H,20,21,23). The highest BCUT2D eigenvalue weighted by atomic mass is 16.5. The van der Waals surface area contributed by atoms with E-state index in [1.807, 2.05) is 37.3 Å². The Morgan fingerprint density at radius 1 is 1.04 bits per heavy atom. The Hall–Kier alpha value is -3.41. The van der Waals surface area contributed by atoms with E-state index in [1.54, 1.807) is 25.3 Å². The molecule has 0 spiro atoms. The number of benzene rings is 2. The van der Waals surface area contributed by atoms with E-state index in [1.165, 1.54) is 12.4 Å². The topological polar surface area (TPSA) is 76.1 Å². The summed E-state index contributed by atoms with van der Waals surface area (Å²) < 4.78 is 5.14. The van der Waals surface area contributed by atoms with Crippen LogP contribution in [-0.4, -0.2) is 23.0 Å². The molecule has 25 heavy (non-hydrogen) atoms. The molecule has 6 heteroatoms. The lowest BCUT2D eigenvalue weighted by Crippen LogP contribution is -2.13. The number of para-hydroxylation sites is 1. The molecule has 0 atom stereocenters. The second-order valence-electron chi connectivity index (χ2n) is 5.42. The van der Waals surface area contributed by atoms with Crippen molar-refractivity contribution >= 4 is 23.2 Å². The van der Waals surface area contributed by atoms with Gasteiger partial charge >= 0.3 is 0 Å². The Labute approximate surface area is 145 Å². The zero-order chi connectivity index (χ0) is 17.6. The average molecular weight is 334 g/mol. The third kappa shape index (κ3) is 4.11. The molecule has 0 aliphatic carbocycles. The van der Waals surface area contributed by atoms with Gasteiger partial charge < -0.3 is 15.4 Å². The monoisotopic (exact) mass is 334 g/mol. The van der Waals surface area contributed by atoms with Gasteiger partial charge in [0.05, 0.1) is 12.7 Å². The highest BCUT2D eigenvalue weighted by molar-refractivity contribution is 6.04. The number of methoxy groups -OCH3 is 1. The predicted octanol–water partition coefficient (Wildman–Crippen LogP) is 3.79. The fourth-order valence-corrected chi connectivity index (χ4v) is 2.25. The molecule has 1 heterocycles. The first-order chi connectivity index (χ1) is 12.2. The minimum atomic E-state index is -0.282. The molecule has 0 saturated carbocycles. The van der Waals surface area contributed by atoms with Crippen LogP contribution in [0.5, 0.6) is 5.75 Å². The molecule has 0 fully saturated rings. The molecular weight excluding hydrogens is 316 g/mol. The molecule has 0 aliphatic rings. The Bertz CT molecular complexity index is 879. The second-order valence-corrected chi connectivity index (χ2v) is 5.42. The Balaban J connectivity index is 1.69. The number of carbonyl (C=O) groups excluding carboxylic acids is 1. The maximum Gasteiger partial charge on any atom is 0.258 e. The van der Waals surface area contributed by atoms with Crippen molar-refractivity contribution in [1.29, 1.82) is 0 Å². The molecule has 126 valence electrons. The molecule has 0 bridgehead atoms. The fraction of sp³-hybridized carbons (Fsp3) is 0.105. The van der Waals surface area contributed by atoms with Crippen LogP contribution >= 0.6 is 0 Å². The molecule has 3 aromatic rings. The minimum Gasteiger partial charge on any atom is -0.497 e. The van der Waals surface area contributed by atoms with Crippen molar-refractivity contribution < 1.29 is 9.53 Å². The van der Waals surface area contributed by atoms with E-state index in [9.17, 15) is 4.79 Å². The second kappa shape index (κ2) is 7.44. The van der Waals surface area contributed by atoms with Crippen LogP contribution in [0.4, 0.5) is 17.3 Å². The number of hydrogen-bond donors (Lipinski definition) is 2. The highest BCUT2D eigenvalue weighted by Crippen LogP contribution is 2.19. The van der Waals surface area contributed by atoms with E-state index in [-0.39, 0.29) is 5.91 Å². The molecule has 1 aromatic heterocycles. The van der Waals surface area contributed by atoms with E-state index in [4.69, 9.17) is 4.74 Å². The van der Waals surface area contributed by atoms with Gasteiger partial charge in [-0.1, -0.05) is 24.3 Å². The zero-order valence-electron chi connectivity index (χ0n) is 14.0. The molecule has 0 saturated heterocycles. The Morgan fingerprint density at radius 3 is 2.52 bits per heavy atom. The van der Waals surface area contributed by atoms with Gasteiger partial charge in [-0.15, -0.1) is 0 Å². The fourth-order valence-electron chi connectivity index (χ4n) is 2.25. The van der Waals surface area contributed by atoms with Gasteiger partial charge in [0.2, 0.25) is 5.95 Å². The van der Waals surface area contributed by atoms with E-state index in [0.717, 1.165) is 11.3 Å². The van der Waals surface area contributed by atoms with Crippen molar-refractivity contribution in [2.75, 3.05) is 17.7 Å². The summed E-state index contributed by atoms with van der Waals surface area (Å²) in [6.07, 6.45) is 2.98. The van der Waals surface area contributed by atoms with Gasteiger partial charge in [-0.3, -0.25) is 4.79 Å². The molecule has 0 unspecified atom stereocenters. The SMILES string of the molecule is COc1cccc(NC(=O)c2cnc(Nc3ccccc3C)nc2)c1. The molecular formula is C19H18N4O2. The molecule has 2 aromatic carbocycles. The number of nitrogens with zero attached hydrogens (tertiary/aromatic N) is 2. The number of aryl methyl sites for hydroxylation is 1. The molecule has 2 N–H and O–H groups in total. The van der Waals surface area contributed by atoms with Crippen molar-refractivity contribution in [3.8, 4) is 5.75 Å². The van der Waals surface area contributed by atoms with E-state index in [2.05, 4.69) is 20.6 Å². The smallest absolute Gasteiger partial charge is 0.258 e. The number of carbonyl (C=O) groups is 1. The summed E-state index contributed by atoms with van der Waals surface area (Å²) in [5.41, 5.74) is 3.03. The summed E-state index contributed by atoms with van der Waals surface area (Å²) in [5.74, 6) is 0.828. The largest absolute Gasteiger partial charge is 0.497 e. The number of anilines is 3. The summed E-state index contributed by atoms with van der Waals surface area (Å²) in [6, 6.07) is 15.0. The van der Waals surface area contributed by atoms with Crippen LogP contribution < -0.4 is 15.4 Å².